The van der Waals surface area contributed by atoms with Gasteiger partial charge in [-0.3, -0.25) is 13.8 Å². The van der Waals surface area contributed by atoms with Crippen LogP contribution in [-0.2, 0) is 12.3 Å². The molecule has 0 aliphatic heterocycles. The van der Waals surface area contributed by atoms with Crippen LogP contribution in [0.3, 0.4) is 0 Å². The van der Waals surface area contributed by atoms with Gasteiger partial charge >= 0.3 is 0 Å². The van der Waals surface area contributed by atoms with Crippen LogP contribution in [0.25, 0.3) is 26.6 Å². The first kappa shape index (κ1) is 20.3. The predicted molar refractivity (Wildman–Crippen MR) is 135 cm³/mol. The van der Waals surface area contributed by atoms with E-state index >= 15 is 0 Å². The summed E-state index contributed by atoms with van der Waals surface area (Å²) in [6.07, 6.45) is 0. The van der Waals surface area contributed by atoms with Gasteiger partial charge in [-0.05, 0) is 29.1 Å². The van der Waals surface area contributed by atoms with Gasteiger partial charge in [0, 0.05) is 11.1 Å². The topological polar surface area (TPSA) is 65.1 Å². The molecule has 0 bridgehead atoms. The van der Waals surface area contributed by atoms with Crippen molar-refractivity contribution >= 4 is 51.1 Å². The Hall–Kier alpha value is -3.27. The van der Waals surface area contributed by atoms with Crippen LogP contribution in [-0.4, -0.2) is 24.1 Å². The van der Waals surface area contributed by atoms with Crippen LogP contribution in [0.15, 0.2) is 87.4 Å². The molecule has 0 N–H and O–H groups in total. The van der Waals surface area contributed by atoms with Crippen LogP contribution in [0.5, 0.6) is 0 Å². The van der Waals surface area contributed by atoms with E-state index < -0.39 is 0 Å². The van der Waals surface area contributed by atoms with Crippen molar-refractivity contribution in [1.82, 2.24) is 24.1 Å². The number of rotatable bonds is 6. The summed E-state index contributed by atoms with van der Waals surface area (Å²) in [5, 5.41) is 15.5. The first-order chi connectivity index (χ1) is 16.3. The quantitative estimate of drug-likeness (QED) is 0.287. The number of hydrogen-bond acceptors (Lipinski definition) is 7. The Morgan fingerprint density at radius 1 is 0.909 bits per heavy atom. The fraction of sp³-hybridized carbons (Fsp3) is 0.0833. The van der Waals surface area contributed by atoms with Crippen molar-refractivity contribution in [1.29, 1.82) is 0 Å². The van der Waals surface area contributed by atoms with Crippen LogP contribution >= 0.6 is 34.4 Å². The van der Waals surface area contributed by atoms with Crippen LogP contribution in [0.1, 0.15) is 11.3 Å². The minimum Gasteiger partial charge on any atom is -0.272 e. The monoisotopic (exact) mass is 487 g/mol. The van der Waals surface area contributed by atoms with Gasteiger partial charge in [-0.15, -0.1) is 32.9 Å². The molecule has 6 aromatic rings. The maximum Gasteiger partial charge on any atom is 0.263 e. The molecule has 0 aliphatic carbocycles. The molecule has 0 saturated heterocycles. The molecule has 4 aromatic heterocycles. The summed E-state index contributed by atoms with van der Waals surface area (Å²) < 4.78 is 3.68. The van der Waals surface area contributed by atoms with E-state index in [-0.39, 0.29) is 5.56 Å². The first-order valence-electron chi connectivity index (χ1n) is 10.3. The molecule has 0 fully saturated rings. The van der Waals surface area contributed by atoms with Gasteiger partial charge in [-0.2, -0.15) is 0 Å². The summed E-state index contributed by atoms with van der Waals surface area (Å²) >= 11 is 4.93. The molecule has 0 saturated carbocycles. The Balaban J connectivity index is 1.40. The van der Waals surface area contributed by atoms with Gasteiger partial charge in [-0.1, -0.05) is 60.3 Å². The highest BCUT2D eigenvalue weighted by molar-refractivity contribution is 7.98. The number of benzene rings is 2. The van der Waals surface area contributed by atoms with E-state index in [4.69, 9.17) is 4.98 Å². The molecule has 0 spiro atoms. The third-order valence-electron chi connectivity index (χ3n) is 5.29. The highest BCUT2D eigenvalue weighted by atomic mass is 32.2. The number of thiazole rings is 1. The second-order valence-corrected chi connectivity index (χ2v) is 10.2. The molecule has 0 unspecified atom stereocenters. The normalized spacial score (nSPS) is 11.5. The summed E-state index contributed by atoms with van der Waals surface area (Å²) in [5.74, 6) is 1.22. The molecule has 33 heavy (non-hydrogen) atoms. The number of para-hydroxylation sites is 1. The third-order valence-corrected chi connectivity index (χ3v) is 8.19. The lowest BCUT2D eigenvalue weighted by Gasteiger charge is -2.11. The van der Waals surface area contributed by atoms with Crippen molar-refractivity contribution in [3.8, 4) is 9.88 Å². The van der Waals surface area contributed by atoms with Crippen LogP contribution in [0.2, 0.25) is 0 Å². The van der Waals surface area contributed by atoms with Crippen molar-refractivity contribution in [3.05, 3.63) is 99.1 Å². The van der Waals surface area contributed by atoms with E-state index in [0.29, 0.717) is 23.5 Å². The molecule has 0 radical (unpaired) electrons. The lowest BCUT2D eigenvalue weighted by atomic mass is 10.2. The maximum absolute atomic E-state index is 13.3. The fourth-order valence-electron chi connectivity index (χ4n) is 3.76. The lowest BCUT2D eigenvalue weighted by Crippen LogP contribution is -2.24. The molecule has 0 aliphatic rings. The number of aromatic nitrogens is 5. The molecule has 162 valence electrons. The van der Waals surface area contributed by atoms with Crippen molar-refractivity contribution in [2.45, 2.75) is 17.5 Å². The number of thioether (sulfide) groups is 1. The third kappa shape index (κ3) is 3.78. The molecule has 9 heteroatoms. The van der Waals surface area contributed by atoms with E-state index in [1.54, 1.807) is 39.0 Å². The molecule has 2 aromatic carbocycles. The summed E-state index contributed by atoms with van der Waals surface area (Å²) in [4.78, 5) is 19.3. The van der Waals surface area contributed by atoms with Gasteiger partial charge in [0.25, 0.3) is 5.56 Å². The summed E-state index contributed by atoms with van der Waals surface area (Å²) in [7, 11) is 0. The van der Waals surface area contributed by atoms with Gasteiger partial charge in [0.1, 0.15) is 5.01 Å². The van der Waals surface area contributed by atoms with E-state index in [0.717, 1.165) is 26.9 Å². The fourth-order valence-corrected chi connectivity index (χ4v) is 6.33. The Kier molecular flexibility index (Phi) is 5.29. The van der Waals surface area contributed by atoms with Gasteiger partial charge in [0.15, 0.2) is 5.16 Å². The smallest absolute Gasteiger partial charge is 0.263 e. The second kappa shape index (κ2) is 8.58. The van der Waals surface area contributed by atoms with Crippen LogP contribution in [0, 0.1) is 0 Å². The van der Waals surface area contributed by atoms with Gasteiger partial charge in [-0.25, -0.2) is 4.98 Å². The standard InChI is InChI=1S/C24H17N5OS3/c30-22-18-9-4-5-10-19(18)29-23(28(22)13-16-7-2-1-3-8-16)26-27-24(29)33-15-17-14-32-21(25-17)20-11-6-12-31-20/h1-12,14H,13,15H2. The second-order valence-electron chi connectivity index (χ2n) is 7.42. The summed E-state index contributed by atoms with van der Waals surface area (Å²) in [6, 6.07) is 21.7. The highest BCUT2D eigenvalue weighted by Gasteiger charge is 2.17. The Labute approximate surface area is 201 Å². The Morgan fingerprint density at radius 3 is 2.61 bits per heavy atom. The number of thiophene rings is 1. The SMILES string of the molecule is O=c1c2ccccc2n2c(SCc3csc(-c4cccs4)n3)nnc2n1Cc1ccccc1. The maximum atomic E-state index is 13.3. The molecule has 6 nitrogen and oxygen atoms in total. The van der Waals surface area contributed by atoms with E-state index in [2.05, 4.69) is 27.0 Å². The van der Waals surface area contributed by atoms with Gasteiger partial charge in [0.2, 0.25) is 5.78 Å². The predicted octanol–water partition coefficient (Wildman–Crippen LogP) is 5.57. The highest BCUT2D eigenvalue weighted by Crippen LogP contribution is 2.30. The molecule has 0 amide bonds. The molecule has 0 atom stereocenters. The molecular formula is C24H17N5OS3. The molecular weight excluding hydrogens is 470 g/mol. The zero-order chi connectivity index (χ0) is 22.2. The van der Waals surface area contributed by atoms with E-state index in [1.165, 1.54) is 4.88 Å². The molecule has 4 heterocycles. The number of nitrogens with zero attached hydrogens (tertiary/aromatic N) is 5. The zero-order valence-corrected chi connectivity index (χ0v) is 19.7. The average molecular weight is 488 g/mol. The Bertz CT molecular complexity index is 1620. The van der Waals surface area contributed by atoms with Crippen molar-refractivity contribution in [2.75, 3.05) is 0 Å². The largest absolute Gasteiger partial charge is 0.272 e. The summed E-state index contributed by atoms with van der Waals surface area (Å²) in [6.45, 7) is 0.438. The average Bonchev–Trinajstić information content (AvgIpc) is 3.62. The molecule has 6 rings (SSSR count). The minimum absolute atomic E-state index is 0.0639. The van der Waals surface area contributed by atoms with Crippen molar-refractivity contribution < 1.29 is 0 Å². The first-order valence-corrected chi connectivity index (χ1v) is 13.0. The Morgan fingerprint density at radius 2 is 1.76 bits per heavy atom. The van der Waals surface area contributed by atoms with E-state index in [1.807, 2.05) is 65.1 Å². The number of hydrogen-bond donors (Lipinski definition) is 0. The van der Waals surface area contributed by atoms with Crippen LogP contribution in [0.4, 0.5) is 0 Å². The minimum atomic E-state index is -0.0639. The van der Waals surface area contributed by atoms with Crippen molar-refractivity contribution in [2.24, 2.45) is 0 Å². The van der Waals surface area contributed by atoms with Crippen molar-refractivity contribution in [3.63, 3.8) is 0 Å². The number of fused-ring (bicyclic) bond motifs is 3. The van der Waals surface area contributed by atoms with Gasteiger partial charge < -0.3 is 0 Å². The van der Waals surface area contributed by atoms with Gasteiger partial charge in [0.05, 0.1) is 28.0 Å². The zero-order valence-electron chi connectivity index (χ0n) is 17.3. The summed E-state index contributed by atoms with van der Waals surface area (Å²) in [5.41, 5.74) is 2.79. The van der Waals surface area contributed by atoms with Crippen LogP contribution < -0.4 is 5.56 Å². The van der Waals surface area contributed by atoms with E-state index in [9.17, 15) is 4.79 Å². The lowest BCUT2D eigenvalue weighted by molar-refractivity contribution is 0.764.